The third kappa shape index (κ3) is 3.85. The third-order valence-corrected chi connectivity index (χ3v) is 1.84. The molecule has 0 spiro atoms. The van der Waals surface area contributed by atoms with Gasteiger partial charge in [0.1, 0.15) is 0 Å². The Morgan fingerprint density at radius 1 is 1.50 bits per heavy atom. The minimum absolute atomic E-state index is 0.414. The summed E-state index contributed by atoms with van der Waals surface area (Å²) < 4.78 is 5.17. The van der Waals surface area contributed by atoms with E-state index in [2.05, 4.69) is 4.90 Å². The molecule has 12 heavy (non-hydrogen) atoms. The Labute approximate surface area is 76.9 Å². The van der Waals surface area contributed by atoms with Gasteiger partial charge in [-0.2, -0.15) is 0 Å². The zero-order valence-electron chi connectivity index (χ0n) is 6.83. The second-order valence-electron chi connectivity index (χ2n) is 2.62. The van der Waals surface area contributed by atoms with E-state index in [0.29, 0.717) is 0 Å². The van der Waals surface area contributed by atoms with Crippen LogP contribution in [0.1, 0.15) is 0 Å². The highest BCUT2D eigenvalue weighted by Gasteiger charge is 2.07. The van der Waals surface area contributed by atoms with Crippen molar-refractivity contribution in [2.24, 2.45) is 0 Å². The van der Waals surface area contributed by atoms with Gasteiger partial charge in [0.15, 0.2) is 0 Å². The Morgan fingerprint density at radius 3 is 2.75 bits per heavy atom. The van der Waals surface area contributed by atoms with E-state index in [1.165, 1.54) is 6.08 Å². The summed E-state index contributed by atoms with van der Waals surface area (Å²) in [5.74, 6) is 0. The fraction of sp³-hybridized carbons (Fsp3) is 0.625. The van der Waals surface area contributed by atoms with Crippen LogP contribution in [0.3, 0.4) is 0 Å². The van der Waals surface area contributed by atoms with Crippen molar-refractivity contribution >= 4 is 16.8 Å². The topological polar surface area (TPSA) is 29.5 Å². The molecule has 1 fully saturated rings. The maximum atomic E-state index is 10.3. The van der Waals surface area contributed by atoms with Crippen molar-refractivity contribution in [3.05, 3.63) is 12.2 Å². The van der Waals surface area contributed by atoms with Crippen LogP contribution in [0.15, 0.2) is 12.2 Å². The lowest BCUT2D eigenvalue weighted by Crippen LogP contribution is -2.36. The van der Waals surface area contributed by atoms with E-state index in [-0.39, 0.29) is 0 Å². The van der Waals surface area contributed by atoms with Gasteiger partial charge in [-0.25, -0.2) is 0 Å². The van der Waals surface area contributed by atoms with E-state index in [9.17, 15) is 4.79 Å². The fourth-order valence-electron chi connectivity index (χ4n) is 1.08. The molecule has 0 aromatic carbocycles. The summed E-state index contributed by atoms with van der Waals surface area (Å²) in [6.45, 7) is 4.20. The molecule has 3 nitrogen and oxygen atoms in total. The average Bonchev–Trinajstić information content (AvgIpc) is 2.05. The molecule has 0 aromatic rings. The van der Waals surface area contributed by atoms with Crippen LogP contribution in [0, 0.1) is 0 Å². The number of hydrogen-bond acceptors (Lipinski definition) is 3. The number of rotatable bonds is 3. The second-order valence-corrected chi connectivity index (χ2v) is 2.99. The molecular weight excluding hydrogens is 178 g/mol. The standard InChI is InChI=1S/C8H12ClNO2/c9-8(11)2-1-3-10-4-6-12-7-5-10/h1-2H,3-7H2. The van der Waals surface area contributed by atoms with Gasteiger partial charge in [-0.3, -0.25) is 9.69 Å². The normalized spacial score (nSPS) is 20.1. The quantitative estimate of drug-likeness (QED) is 0.482. The maximum absolute atomic E-state index is 10.3. The predicted octanol–water partition coefficient (Wildman–Crippen LogP) is 0.640. The van der Waals surface area contributed by atoms with Crippen LogP contribution < -0.4 is 0 Å². The van der Waals surface area contributed by atoms with Gasteiger partial charge in [0.25, 0.3) is 0 Å². The molecule has 0 bridgehead atoms. The van der Waals surface area contributed by atoms with Crippen molar-refractivity contribution in [2.45, 2.75) is 0 Å². The first-order valence-corrected chi connectivity index (χ1v) is 4.33. The molecule has 0 atom stereocenters. The molecule has 0 unspecified atom stereocenters. The number of carbonyl (C=O) groups excluding carboxylic acids is 1. The van der Waals surface area contributed by atoms with E-state index in [4.69, 9.17) is 16.3 Å². The zero-order chi connectivity index (χ0) is 8.81. The summed E-state index contributed by atoms with van der Waals surface area (Å²) in [6.07, 6.45) is 3.16. The molecule has 0 aromatic heterocycles. The van der Waals surface area contributed by atoms with E-state index in [1.54, 1.807) is 6.08 Å². The van der Waals surface area contributed by atoms with Crippen LogP contribution in [-0.4, -0.2) is 43.0 Å². The molecule has 68 valence electrons. The van der Waals surface area contributed by atoms with Crippen LogP contribution >= 0.6 is 11.6 Å². The lowest BCUT2D eigenvalue weighted by molar-refractivity contribution is -0.107. The van der Waals surface area contributed by atoms with E-state index in [0.717, 1.165) is 32.8 Å². The SMILES string of the molecule is O=C(Cl)C=CCN1CCOCC1. The van der Waals surface area contributed by atoms with E-state index >= 15 is 0 Å². The van der Waals surface area contributed by atoms with E-state index < -0.39 is 5.24 Å². The minimum atomic E-state index is -0.414. The van der Waals surface area contributed by atoms with Crippen molar-refractivity contribution in [3.8, 4) is 0 Å². The highest BCUT2D eigenvalue weighted by molar-refractivity contribution is 6.66. The molecule has 1 heterocycles. The highest BCUT2D eigenvalue weighted by atomic mass is 35.5. The van der Waals surface area contributed by atoms with Crippen LogP contribution in [0.4, 0.5) is 0 Å². The largest absolute Gasteiger partial charge is 0.379 e. The van der Waals surface area contributed by atoms with Crippen molar-refractivity contribution in [2.75, 3.05) is 32.8 Å². The molecule has 0 saturated carbocycles. The molecule has 1 aliphatic heterocycles. The summed E-state index contributed by atoms with van der Waals surface area (Å²) in [6, 6.07) is 0. The summed E-state index contributed by atoms with van der Waals surface area (Å²) >= 11 is 5.13. The Bertz CT molecular complexity index is 176. The van der Waals surface area contributed by atoms with Gasteiger partial charge in [0, 0.05) is 19.6 Å². The van der Waals surface area contributed by atoms with Gasteiger partial charge in [-0.05, 0) is 17.7 Å². The first kappa shape index (κ1) is 9.71. The molecule has 1 aliphatic rings. The number of allylic oxidation sites excluding steroid dienone is 1. The molecule has 4 heteroatoms. The third-order valence-electron chi connectivity index (χ3n) is 1.72. The molecule has 1 saturated heterocycles. The number of ether oxygens (including phenoxy) is 1. The lowest BCUT2D eigenvalue weighted by Gasteiger charge is -2.24. The fourth-order valence-corrected chi connectivity index (χ4v) is 1.17. The zero-order valence-corrected chi connectivity index (χ0v) is 7.59. The number of carbonyl (C=O) groups is 1. The van der Waals surface area contributed by atoms with Gasteiger partial charge in [-0.1, -0.05) is 6.08 Å². The highest BCUT2D eigenvalue weighted by Crippen LogP contribution is 1.96. The molecular formula is C8H12ClNO2. The summed E-state index contributed by atoms with van der Waals surface area (Å²) in [5.41, 5.74) is 0. The van der Waals surface area contributed by atoms with Crippen LogP contribution in [0.2, 0.25) is 0 Å². The van der Waals surface area contributed by atoms with Crippen molar-refractivity contribution in [1.29, 1.82) is 0 Å². The van der Waals surface area contributed by atoms with Crippen molar-refractivity contribution < 1.29 is 9.53 Å². The van der Waals surface area contributed by atoms with Crippen molar-refractivity contribution in [1.82, 2.24) is 4.90 Å². The first-order chi connectivity index (χ1) is 5.79. The van der Waals surface area contributed by atoms with Gasteiger partial charge in [0.05, 0.1) is 13.2 Å². The average molecular weight is 190 g/mol. The summed E-state index contributed by atoms with van der Waals surface area (Å²) in [5, 5.41) is -0.414. The smallest absolute Gasteiger partial charge is 0.244 e. The van der Waals surface area contributed by atoms with Crippen LogP contribution in [0.5, 0.6) is 0 Å². The minimum Gasteiger partial charge on any atom is -0.379 e. The van der Waals surface area contributed by atoms with Crippen LogP contribution in [0.25, 0.3) is 0 Å². The number of halogens is 1. The monoisotopic (exact) mass is 189 g/mol. The number of hydrogen-bond donors (Lipinski definition) is 0. The van der Waals surface area contributed by atoms with Gasteiger partial charge >= 0.3 is 0 Å². The Balaban J connectivity index is 2.17. The Morgan fingerprint density at radius 2 is 2.17 bits per heavy atom. The summed E-state index contributed by atoms with van der Waals surface area (Å²) in [4.78, 5) is 12.5. The predicted molar refractivity (Wildman–Crippen MR) is 47.3 cm³/mol. The van der Waals surface area contributed by atoms with Gasteiger partial charge < -0.3 is 4.74 Å². The molecule has 0 radical (unpaired) electrons. The summed E-state index contributed by atoms with van der Waals surface area (Å²) in [7, 11) is 0. The van der Waals surface area contributed by atoms with E-state index in [1.807, 2.05) is 0 Å². The Hall–Kier alpha value is -0.380. The Kier molecular flexibility index (Phi) is 4.29. The molecule has 0 aliphatic carbocycles. The molecule has 0 amide bonds. The van der Waals surface area contributed by atoms with Crippen molar-refractivity contribution in [3.63, 3.8) is 0 Å². The maximum Gasteiger partial charge on any atom is 0.244 e. The second kappa shape index (κ2) is 5.30. The molecule has 0 N–H and O–H groups in total. The molecule has 1 rings (SSSR count). The van der Waals surface area contributed by atoms with Gasteiger partial charge in [0.2, 0.25) is 5.24 Å². The van der Waals surface area contributed by atoms with Gasteiger partial charge in [-0.15, -0.1) is 0 Å². The first-order valence-electron chi connectivity index (χ1n) is 3.95. The lowest BCUT2D eigenvalue weighted by atomic mass is 10.4. The number of morpholine rings is 1. The number of nitrogens with zero attached hydrogens (tertiary/aromatic N) is 1. The van der Waals surface area contributed by atoms with Crippen LogP contribution in [-0.2, 0) is 9.53 Å².